The Morgan fingerprint density at radius 1 is 1.26 bits per heavy atom. The second kappa shape index (κ2) is 8.55. The topological polar surface area (TPSA) is 45.0 Å². The predicted molar refractivity (Wildman–Crippen MR) is 78.9 cm³/mol. The molecule has 0 saturated heterocycles. The summed E-state index contributed by atoms with van der Waals surface area (Å²) in [5.74, 6) is 0.875. The van der Waals surface area contributed by atoms with Gasteiger partial charge in [-0.3, -0.25) is 5.32 Å². The molecule has 0 heterocycles. The minimum absolute atomic E-state index is 0.348. The fraction of sp³-hybridized carbons (Fsp3) is 0.938. The summed E-state index contributed by atoms with van der Waals surface area (Å²) in [6.07, 6.45) is 8.22. The first kappa shape index (κ1) is 16.5. The third kappa shape index (κ3) is 5.50. The summed E-state index contributed by atoms with van der Waals surface area (Å²) in [5, 5.41) is 12.7. The SMILES string of the molecule is CCNC(C#N)(CC)CCCOC1CCC(C)CC1. The Hall–Kier alpha value is -0.590. The van der Waals surface area contributed by atoms with E-state index in [2.05, 4.69) is 32.2 Å². The number of ether oxygens (including phenoxy) is 1. The summed E-state index contributed by atoms with van der Waals surface area (Å²) < 4.78 is 5.96. The van der Waals surface area contributed by atoms with E-state index in [1.165, 1.54) is 25.7 Å². The van der Waals surface area contributed by atoms with E-state index in [0.29, 0.717) is 6.10 Å². The van der Waals surface area contributed by atoms with Crippen LogP contribution in [0.2, 0.25) is 0 Å². The molecule has 3 nitrogen and oxygen atoms in total. The molecule has 0 radical (unpaired) electrons. The molecule has 0 bridgehead atoms. The lowest BCUT2D eigenvalue weighted by atomic mass is 9.89. The van der Waals surface area contributed by atoms with Gasteiger partial charge in [0.1, 0.15) is 5.54 Å². The van der Waals surface area contributed by atoms with Crippen LogP contribution < -0.4 is 5.32 Å². The van der Waals surface area contributed by atoms with Gasteiger partial charge in [0.25, 0.3) is 0 Å². The van der Waals surface area contributed by atoms with Gasteiger partial charge in [-0.1, -0.05) is 20.8 Å². The molecule has 0 aromatic carbocycles. The zero-order valence-corrected chi connectivity index (χ0v) is 12.9. The first-order chi connectivity index (χ1) is 9.15. The van der Waals surface area contributed by atoms with Crippen LogP contribution >= 0.6 is 0 Å². The Labute approximate surface area is 118 Å². The molecule has 1 fully saturated rings. The normalized spacial score (nSPS) is 26.6. The fourth-order valence-electron chi connectivity index (χ4n) is 2.92. The zero-order valence-electron chi connectivity index (χ0n) is 12.9. The molecule has 0 amide bonds. The highest BCUT2D eigenvalue weighted by Gasteiger charge is 2.26. The maximum absolute atomic E-state index is 9.33. The molecule has 1 aliphatic rings. The van der Waals surface area contributed by atoms with E-state index in [9.17, 15) is 5.26 Å². The van der Waals surface area contributed by atoms with E-state index in [4.69, 9.17) is 4.74 Å². The highest BCUT2D eigenvalue weighted by Crippen LogP contribution is 2.26. The molecule has 3 heteroatoms. The third-order valence-corrected chi connectivity index (χ3v) is 4.40. The van der Waals surface area contributed by atoms with Crippen molar-refractivity contribution in [1.82, 2.24) is 5.32 Å². The van der Waals surface area contributed by atoms with E-state index < -0.39 is 0 Å². The van der Waals surface area contributed by atoms with Crippen LogP contribution in [-0.4, -0.2) is 24.8 Å². The van der Waals surface area contributed by atoms with E-state index in [1.54, 1.807) is 0 Å². The number of nitriles is 1. The zero-order chi connectivity index (χ0) is 14.1. The van der Waals surface area contributed by atoms with Crippen LogP contribution in [0.1, 0.15) is 65.7 Å². The molecule has 0 spiro atoms. The van der Waals surface area contributed by atoms with Gasteiger partial charge in [-0.2, -0.15) is 5.26 Å². The molecule has 0 aromatic rings. The number of nitrogens with zero attached hydrogens (tertiary/aromatic N) is 1. The molecule has 1 unspecified atom stereocenters. The Kier molecular flexibility index (Phi) is 7.41. The third-order valence-electron chi connectivity index (χ3n) is 4.40. The predicted octanol–water partition coefficient (Wildman–Crippen LogP) is 3.64. The number of rotatable bonds is 8. The highest BCUT2D eigenvalue weighted by atomic mass is 16.5. The summed E-state index contributed by atoms with van der Waals surface area (Å²) in [6.45, 7) is 8.11. The smallest absolute Gasteiger partial charge is 0.106 e. The van der Waals surface area contributed by atoms with Gasteiger partial charge >= 0.3 is 0 Å². The van der Waals surface area contributed by atoms with Crippen LogP contribution in [0.4, 0.5) is 0 Å². The summed E-state index contributed by atoms with van der Waals surface area (Å²) in [4.78, 5) is 0. The van der Waals surface area contributed by atoms with Crippen molar-refractivity contribution in [3.8, 4) is 6.07 Å². The van der Waals surface area contributed by atoms with Crippen molar-refractivity contribution in [2.24, 2.45) is 5.92 Å². The lowest BCUT2D eigenvalue weighted by molar-refractivity contribution is 0.0162. The molecule has 110 valence electrons. The number of hydrogen-bond acceptors (Lipinski definition) is 3. The Morgan fingerprint density at radius 3 is 2.47 bits per heavy atom. The summed E-state index contributed by atoms with van der Waals surface area (Å²) in [6, 6.07) is 2.44. The minimum Gasteiger partial charge on any atom is -0.378 e. The van der Waals surface area contributed by atoms with Crippen LogP contribution in [0.25, 0.3) is 0 Å². The molecular weight excluding hydrogens is 236 g/mol. The molecule has 0 aromatic heterocycles. The van der Waals surface area contributed by atoms with Crippen molar-refractivity contribution in [3.05, 3.63) is 0 Å². The lowest BCUT2D eigenvalue weighted by Crippen LogP contribution is -2.43. The average Bonchev–Trinajstić information content (AvgIpc) is 2.44. The van der Waals surface area contributed by atoms with E-state index in [0.717, 1.165) is 38.3 Å². The fourth-order valence-corrected chi connectivity index (χ4v) is 2.92. The first-order valence-corrected chi connectivity index (χ1v) is 7.93. The molecule has 19 heavy (non-hydrogen) atoms. The molecular formula is C16H30N2O. The van der Waals surface area contributed by atoms with Gasteiger partial charge in [-0.15, -0.1) is 0 Å². The van der Waals surface area contributed by atoms with Crippen molar-refractivity contribution in [1.29, 1.82) is 5.26 Å². The first-order valence-electron chi connectivity index (χ1n) is 7.93. The van der Waals surface area contributed by atoms with Crippen molar-refractivity contribution in [3.63, 3.8) is 0 Å². The Balaban J connectivity index is 2.20. The Morgan fingerprint density at radius 2 is 1.95 bits per heavy atom. The summed E-state index contributed by atoms with van der Waals surface area (Å²) in [5.41, 5.74) is -0.348. The maximum Gasteiger partial charge on any atom is 0.106 e. The molecule has 0 aliphatic heterocycles. The highest BCUT2D eigenvalue weighted by molar-refractivity contribution is 5.05. The second-order valence-corrected chi connectivity index (χ2v) is 5.93. The molecule has 1 N–H and O–H groups in total. The second-order valence-electron chi connectivity index (χ2n) is 5.93. The van der Waals surface area contributed by atoms with Crippen molar-refractivity contribution in [2.75, 3.05) is 13.2 Å². The van der Waals surface area contributed by atoms with Crippen molar-refractivity contribution < 1.29 is 4.74 Å². The monoisotopic (exact) mass is 266 g/mol. The van der Waals surface area contributed by atoms with Gasteiger partial charge in [0.15, 0.2) is 0 Å². The number of hydrogen-bond donors (Lipinski definition) is 1. The van der Waals surface area contributed by atoms with Crippen molar-refractivity contribution in [2.45, 2.75) is 77.4 Å². The molecule has 1 atom stereocenters. The van der Waals surface area contributed by atoms with Crippen LogP contribution in [0.3, 0.4) is 0 Å². The lowest BCUT2D eigenvalue weighted by Gasteiger charge is -2.28. The average molecular weight is 266 g/mol. The van der Waals surface area contributed by atoms with Crippen LogP contribution in [0.15, 0.2) is 0 Å². The minimum atomic E-state index is -0.348. The van der Waals surface area contributed by atoms with E-state index in [1.807, 2.05) is 0 Å². The van der Waals surface area contributed by atoms with Gasteiger partial charge in [-0.25, -0.2) is 0 Å². The molecule has 1 rings (SSSR count). The van der Waals surface area contributed by atoms with Gasteiger partial charge < -0.3 is 4.74 Å². The van der Waals surface area contributed by atoms with Crippen LogP contribution in [0.5, 0.6) is 0 Å². The molecule has 1 aliphatic carbocycles. The van der Waals surface area contributed by atoms with Gasteiger partial charge in [0.2, 0.25) is 0 Å². The summed E-state index contributed by atoms with van der Waals surface area (Å²) in [7, 11) is 0. The van der Waals surface area contributed by atoms with Gasteiger partial charge in [0, 0.05) is 6.61 Å². The van der Waals surface area contributed by atoms with Crippen molar-refractivity contribution >= 4 is 0 Å². The number of nitrogens with one attached hydrogen (secondary N) is 1. The molecule has 1 saturated carbocycles. The maximum atomic E-state index is 9.33. The van der Waals surface area contributed by atoms with Gasteiger partial charge in [-0.05, 0) is 57.4 Å². The largest absolute Gasteiger partial charge is 0.378 e. The van der Waals surface area contributed by atoms with E-state index >= 15 is 0 Å². The van der Waals surface area contributed by atoms with Crippen LogP contribution in [0, 0.1) is 17.2 Å². The summed E-state index contributed by atoms with van der Waals surface area (Å²) >= 11 is 0. The standard InChI is InChI=1S/C16H30N2O/c1-4-16(13-17,18-5-2)11-6-12-19-15-9-7-14(3)8-10-15/h14-15,18H,4-12H2,1-3H3. The quantitative estimate of drug-likeness (QED) is 0.682. The van der Waals surface area contributed by atoms with Crippen LogP contribution in [-0.2, 0) is 4.74 Å². The van der Waals surface area contributed by atoms with E-state index in [-0.39, 0.29) is 5.54 Å². The Bertz CT molecular complexity index is 279. The van der Waals surface area contributed by atoms with Gasteiger partial charge in [0.05, 0.1) is 12.2 Å².